The summed E-state index contributed by atoms with van der Waals surface area (Å²) in [4.78, 5) is 14.1. The highest BCUT2D eigenvalue weighted by atomic mass is 16.6. The number of benzene rings is 1. The zero-order valence-electron chi connectivity index (χ0n) is 12.8. The Bertz CT molecular complexity index is 505. The third kappa shape index (κ3) is 5.18. The lowest BCUT2D eigenvalue weighted by Crippen LogP contribution is -1.90. The van der Waals surface area contributed by atoms with E-state index in [1.165, 1.54) is 17.8 Å². The summed E-state index contributed by atoms with van der Waals surface area (Å²) < 4.78 is 0. The summed E-state index contributed by atoms with van der Waals surface area (Å²) in [6.45, 7) is 10.0. The number of nitro groups is 1. The number of aromatic nitrogens is 1. The van der Waals surface area contributed by atoms with Crippen LogP contribution in [0.15, 0.2) is 42.6 Å². The molecule has 0 bridgehead atoms. The maximum Gasteiger partial charge on any atom is 0.287 e. The first-order valence-electron chi connectivity index (χ1n) is 6.84. The summed E-state index contributed by atoms with van der Waals surface area (Å²) >= 11 is 0. The zero-order valence-corrected chi connectivity index (χ0v) is 12.8. The molecule has 1 aromatic heterocycles. The molecule has 0 N–H and O–H groups in total. The Morgan fingerprint density at radius 1 is 0.950 bits per heavy atom. The highest BCUT2D eigenvalue weighted by Crippen LogP contribution is 2.19. The second-order valence-electron chi connectivity index (χ2n) is 3.52. The van der Waals surface area contributed by atoms with Crippen molar-refractivity contribution in [2.45, 2.75) is 34.6 Å². The van der Waals surface area contributed by atoms with Gasteiger partial charge in [-0.2, -0.15) is 0 Å². The summed E-state index contributed by atoms with van der Waals surface area (Å²) in [6, 6.07) is 11.0. The highest BCUT2D eigenvalue weighted by molar-refractivity contribution is 5.60. The van der Waals surface area contributed by atoms with Gasteiger partial charge in [0.15, 0.2) is 0 Å². The van der Waals surface area contributed by atoms with Crippen LogP contribution in [0, 0.1) is 17.0 Å². The van der Waals surface area contributed by atoms with Gasteiger partial charge in [-0.05, 0) is 13.0 Å². The van der Waals surface area contributed by atoms with E-state index in [0.29, 0.717) is 0 Å². The van der Waals surface area contributed by atoms with Gasteiger partial charge in [-0.3, -0.25) is 10.1 Å². The summed E-state index contributed by atoms with van der Waals surface area (Å²) in [6.07, 6.45) is 1.27. The van der Waals surface area contributed by atoms with Crippen molar-refractivity contribution < 1.29 is 4.92 Å². The first kappa shape index (κ1) is 17.8. The molecule has 0 radical (unpaired) electrons. The predicted octanol–water partition coefficient (Wildman–Crippen LogP) is 5.02. The lowest BCUT2D eigenvalue weighted by atomic mass is 10.1. The first-order valence-corrected chi connectivity index (χ1v) is 6.84. The molecule has 2 rings (SSSR count). The molecule has 0 aliphatic carbocycles. The highest BCUT2D eigenvalue weighted by Gasteiger charge is 2.05. The van der Waals surface area contributed by atoms with E-state index in [-0.39, 0.29) is 5.69 Å². The Morgan fingerprint density at radius 2 is 1.50 bits per heavy atom. The number of rotatable bonds is 2. The average Bonchev–Trinajstić information content (AvgIpc) is 2.52. The van der Waals surface area contributed by atoms with E-state index in [9.17, 15) is 10.1 Å². The molecular formula is C16H22N2O2. The molecule has 0 unspecified atom stereocenters. The van der Waals surface area contributed by atoms with E-state index in [2.05, 4.69) is 4.98 Å². The van der Waals surface area contributed by atoms with E-state index >= 15 is 0 Å². The summed E-state index contributed by atoms with van der Waals surface area (Å²) in [5.74, 6) is 0. The fourth-order valence-corrected chi connectivity index (χ4v) is 1.39. The minimum absolute atomic E-state index is 0.0101. The molecule has 108 valence electrons. The molecule has 0 atom stereocenters. The molecule has 0 saturated carbocycles. The van der Waals surface area contributed by atoms with Gasteiger partial charge in [-0.1, -0.05) is 57.5 Å². The molecule has 0 aliphatic rings. The van der Waals surface area contributed by atoms with Gasteiger partial charge in [0, 0.05) is 11.6 Å². The standard InChI is InChI=1S/C12H10N2O2.2C2H6/c1-9-2-4-10(5-3-9)12-7-6-11(8-13-12)14(15)16;2*1-2/h2-8H,1H3;2*1-2H3. The Kier molecular flexibility index (Phi) is 8.59. The van der Waals surface area contributed by atoms with E-state index in [1.54, 1.807) is 6.07 Å². The number of hydrogen-bond donors (Lipinski definition) is 0. The van der Waals surface area contributed by atoms with Crippen molar-refractivity contribution in [2.75, 3.05) is 0 Å². The van der Waals surface area contributed by atoms with Gasteiger partial charge < -0.3 is 0 Å². The van der Waals surface area contributed by atoms with Crippen LogP contribution in [0.3, 0.4) is 0 Å². The van der Waals surface area contributed by atoms with Gasteiger partial charge in [0.25, 0.3) is 5.69 Å². The normalized spacial score (nSPS) is 8.65. The molecule has 0 aliphatic heterocycles. The Hall–Kier alpha value is -2.23. The van der Waals surface area contributed by atoms with Crippen LogP contribution >= 0.6 is 0 Å². The van der Waals surface area contributed by atoms with Gasteiger partial charge in [0.1, 0.15) is 6.20 Å². The first-order chi connectivity index (χ1) is 9.66. The second kappa shape index (κ2) is 9.67. The van der Waals surface area contributed by atoms with Gasteiger partial charge >= 0.3 is 0 Å². The predicted molar refractivity (Wildman–Crippen MR) is 83.8 cm³/mol. The van der Waals surface area contributed by atoms with Crippen molar-refractivity contribution in [3.63, 3.8) is 0 Å². The lowest BCUT2D eigenvalue weighted by molar-refractivity contribution is -0.385. The van der Waals surface area contributed by atoms with Crippen LogP contribution in [0.2, 0.25) is 0 Å². The van der Waals surface area contributed by atoms with Crippen molar-refractivity contribution in [1.29, 1.82) is 0 Å². The lowest BCUT2D eigenvalue weighted by Gasteiger charge is -2.00. The van der Waals surface area contributed by atoms with Crippen molar-refractivity contribution in [3.05, 3.63) is 58.3 Å². The quantitative estimate of drug-likeness (QED) is 0.571. The molecule has 1 aromatic carbocycles. The van der Waals surface area contributed by atoms with Crippen molar-refractivity contribution >= 4 is 5.69 Å². The Balaban J connectivity index is 0.000000829. The topological polar surface area (TPSA) is 56.0 Å². The minimum atomic E-state index is -0.452. The molecule has 2 aromatic rings. The molecule has 0 fully saturated rings. The van der Waals surface area contributed by atoms with Crippen molar-refractivity contribution in [1.82, 2.24) is 4.98 Å². The van der Waals surface area contributed by atoms with Crippen molar-refractivity contribution in [2.24, 2.45) is 0 Å². The van der Waals surface area contributed by atoms with Crippen LogP contribution in [0.1, 0.15) is 33.3 Å². The van der Waals surface area contributed by atoms with E-state index < -0.39 is 4.92 Å². The zero-order chi connectivity index (χ0) is 15.5. The Morgan fingerprint density at radius 3 is 1.90 bits per heavy atom. The number of aryl methyl sites for hydroxylation is 1. The van der Waals surface area contributed by atoms with E-state index in [0.717, 1.165) is 11.3 Å². The average molecular weight is 274 g/mol. The van der Waals surface area contributed by atoms with E-state index in [4.69, 9.17) is 0 Å². The number of hydrogen-bond acceptors (Lipinski definition) is 3. The van der Waals surface area contributed by atoms with Crippen LogP contribution in [-0.2, 0) is 0 Å². The summed E-state index contributed by atoms with van der Waals surface area (Å²) in [5, 5.41) is 10.5. The monoisotopic (exact) mass is 274 g/mol. The fourth-order valence-electron chi connectivity index (χ4n) is 1.39. The molecule has 20 heavy (non-hydrogen) atoms. The van der Waals surface area contributed by atoms with Crippen molar-refractivity contribution in [3.8, 4) is 11.3 Å². The fraction of sp³-hybridized carbons (Fsp3) is 0.312. The smallest absolute Gasteiger partial charge is 0.258 e. The maximum atomic E-state index is 10.5. The number of pyridine rings is 1. The van der Waals surface area contributed by atoms with Crippen LogP contribution < -0.4 is 0 Å². The number of nitrogens with zero attached hydrogens (tertiary/aromatic N) is 2. The molecular weight excluding hydrogens is 252 g/mol. The Labute approximate surface area is 120 Å². The van der Waals surface area contributed by atoms with E-state index in [1.807, 2.05) is 58.9 Å². The van der Waals surface area contributed by atoms with Crippen LogP contribution in [-0.4, -0.2) is 9.91 Å². The molecule has 4 nitrogen and oxygen atoms in total. The third-order valence-electron chi connectivity index (χ3n) is 2.31. The van der Waals surface area contributed by atoms with Gasteiger partial charge in [0.2, 0.25) is 0 Å². The minimum Gasteiger partial charge on any atom is -0.258 e. The van der Waals surface area contributed by atoms with Gasteiger partial charge in [-0.15, -0.1) is 0 Å². The summed E-state index contributed by atoms with van der Waals surface area (Å²) in [5.41, 5.74) is 2.88. The third-order valence-corrected chi connectivity index (χ3v) is 2.31. The molecule has 0 saturated heterocycles. The van der Waals surface area contributed by atoms with Gasteiger partial charge in [0.05, 0.1) is 10.6 Å². The summed E-state index contributed by atoms with van der Waals surface area (Å²) in [7, 11) is 0. The van der Waals surface area contributed by atoms with Crippen LogP contribution in [0.5, 0.6) is 0 Å². The van der Waals surface area contributed by atoms with Crippen LogP contribution in [0.25, 0.3) is 11.3 Å². The second-order valence-corrected chi connectivity index (χ2v) is 3.52. The molecule has 4 heteroatoms. The largest absolute Gasteiger partial charge is 0.287 e. The SMILES string of the molecule is CC.CC.Cc1ccc(-c2ccc([N+](=O)[O-])cn2)cc1. The molecule has 0 spiro atoms. The molecule has 1 heterocycles. The van der Waals surface area contributed by atoms with Crippen LogP contribution in [0.4, 0.5) is 5.69 Å². The van der Waals surface area contributed by atoms with Gasteiger partial charge in [-0.25, -0.2) is 4.98 Å². The maximum absolute atomic E-state index is 10.5. The molecule has 0 amide bonds.